The highest BCUT2D eigenvalue weighted by Gasteiger charge is 2.13. The van der Waals surface area contributed by atoms with Gasteiger partial charge >= 0.3 is 0 Å². The molecule has 0 aliphatic rings. The molecule has 0 fully saturated rings. The molecule has 0 aliphatic heterocycles. The molecule has 0 bridgehead atoms. The maximum Gasteiger partial charge on any atom is -0.00264 e. The smallest absolute Gasteiger partial charge is 0.00264 e. The van der Waals surface area contributed by atoms with Crippen LogP contribution >= 0.6 is 0 Å². The van der Waals surface area contributed by atoms with Gasteiger partial charge in [0.2, 0.25) is 0 Å². The Labute approximate surface area is 244 Å². The first-order valence-corrected chi connectivity index (χ1v) is 14.6. The third-order valence-corrected chi connectivity index (χ3v) is 9.00. The van der Waals surface area contributed by atoms with Crippen LogP contribution in [-0.2, 0) is 0 Å². The second kappa shape index (κ2) is 9.03. The first kappa shape index (κ1) is 23.3. The van der Waals surface area contributed by atoms with Crippen LogP contribution < -0.4 is 0 Å². The number of fused-ring (bicyclic) bond motifs is 10. The van der Waals surface area contributed by atoms with Gasteiger partial charge in [0.15, 0.2) is 0 Å². The molecular weight excluding hydrogens is 504 g/mol. The molecule has 0 aliphatic carbocycles. The van der Waals surface area contributed by atoms with Crippen molar-refractivity contribution in [2.24, 2.45) is 0 Å². The van der Waals surface area contributed by atoms with Gasteiger partial charge in [-0.1, -0.05) is 146 Å². The Bertz CT molecular complexity index is 2320. The van der Waals surface area contributed by atoms with Gasteiger partial charge in [-0.25, -0.2) is 0 Å². The summed E-state index contributed by atoms with van der Waals surface area (Å²) >= 11 is 0. The third kappa shape index (κ3) is 3.42. The van der Waals surface area contributed by atoms with Crippen molar-refractivity contribution in [3.63, 3.8) is 0 Å². The van der Waals surface area contributed by atoms with Crippen molar-refractivity contribution in [3.8, 4) is 22.3 Å². The molecule has 0 amide bonds. The minimum Gasteiger partial charge on any atom is -0.0616 e. The van der Waals surface area contributed by atoms with E-state index in [-0.39, 0.29) is 0 Å². The van der Waals surface area contributed by atoms with Crippen LogP contribution in [0.1, 0.15) is 0 Å². The largest absolute Gasteiger partial charge is 0.0616 e. The Kier molecular flexibility index (Phi) is 5.00. The van der Waals surface area contributed by atoms with E-state index in [4.69, 9.17) is 0 Å². The highest BCUT2D eigenvalue weighted by atomic mass is 14.2. The molecule has 0 aromatic heterocycles. The quantitative estimate of drug-likeness (QED) is 0.195. The lowest BCUT2D eigenvalue weighted by atomic mass is 9.89. The van der Waals surface area contributed by atoms with Crippen LogP contribution in [0.3, 0.4) is 0 Å². The lowest BCUT2D eigenvalue weighted by molar-refractivity contribution is 1.64. The zero-order valence-corrected chi connectivity index (χ0v) is 23.0. The van der Waals surface area contributed by atoms with E-state index in [1.807, 2.05) is 0 Å². The number of benzene rings is 9. The van der Waals surface area contributed by atoms with Crippen molar-refractivity contribution in [1.29, 1.82) is 0 Å². The molecule has 0 heterocycles. The second-order valence-corrected chi connectivity index (χ2v) is 11.3. The summed E-state index contributed by atoms with van der Waals surface area (Å²) in [5.74, 6) is 0. The van der Waals surface area contributed by atoms with Crippen molar-refractivity contribution in [1.82, 2.24) is 0 Å². The van der Waals surface area contributed by atoms with Crippen molar-refractivity contribution in [2.45, 2.75) is 0 Å². The molecule has 0 radical (unpaired) electrons. The molecule has 0 saturated carbocycles. The fraction of sp³-hybridized carbons (Fsp3) is 0. The Morgan fingerprint density at radius 3 is 1.00 bits per heavy atom. The molecule has 0 spiro atoms. The number of rotatable bonds is 2. The summed E-state index contributed by atoms with van der Waals surface area (Å²) in [5.41, 5.74) is 5.02. The van der Waals surface area contributed by atoms with Gasteiger partial charge in [0.1, 0.15) is 0 Å². The third-order valence-electron chi connectivity index (χ3n) is 9.00. The Morgan fingerprint density at radius 1 is 0.238 bits per heavy atom. The van der Waals surface area contributed by atoms with E-state index in [0.29, 0.717) is 0 Å². The van der Waals surface area contributed by atoms with Gasteiger partial charge in [0, 0.05) is 0 Å². The van der Waals surface area contributed by atoms with Gasteiger partial charge in [0.05, 0.1) is 0 Å². The average molecular weight is 531 g/mol. The number of hydrogen-bond donors (Lipinski definition) is 0. The van der Waals surface area contributed by atoms with Gasteiger partial charge in [-0.3, -0.25) is 0 Å². The topological polar surface area (TPSA) is 0 Å². The standard InChI is InChI=1S/C42H26/c1-3-11-33-27(9-1)21-23-31-25-39(35-13-5-7-15-37(35)41(31)33)29-17-19-30(20-18-29)40-26-32-24-22-28-10-2-4-12-34(28)42(32)38-16-8-6-14-36(38)40/h1-26H. The lowest BCUT2D eigenvalue weighted by Gasteiger charge is -2.15. The fourth-order valence-electron chi connectivity index (χ4n) is 7.06. The summed E-state index contributed by atoms with van der Waals surface area (Å²) < 4.78 is 0. The van der Waals surface area contributed by atoms with E-state index in [1.165, 1.54) is 86.9 Å². The van der Waals surface area contributed by atoms with E-state index in [2.05, 4.69) is 158 Å². The SMILES string of the molecule is c1ccc2c(c1)ccc1cc(-c3ccc(-c4cc5ccc6ccccc6c5c5ccccc45)cc3)c3ccccc3c12. The summed E-state index contributed by atoms with van der Waals surface area (Å²) in [4.78, 5) is 0. The highest BCUT2D eigenvalue weighted by Crippen LogP contribution is 2.41. The van der Waals surface area contributed by atoms with E-state index in [1.54, 1.807) is 0 Å². The summed E-state index contributed by atoms with van der Waals surface area (Å²) in [6.45, 7) is 0. The second-order valence-electron chi connectivity index (χ2n) is 11.3. The fourth-order valence-corrected chi connectivity index (χ4v) is 7.06. The molecule has 42 heavy (non-hydrogen) atoms. The first-order valence-electron chi connectivity index (χ1n) is 14.6. The summed E-state index contributed by atoms with van der Waals surface area (Å²) in [7, 11) is 0. The molecule has 9 rings (SSSR count). The minimum absolute atomic E-state index is 1.24. The number of hydrogen-bond acceptors (Lipinski definition) is 0. The molecule has 9 aromatic carbocycles. The van der Waals surface area contributed by atoms with Gasteiger partial charge in [-0.15, -0.1) is 0 Å². The minimum atomic E-state index is 1.24. The molecule has 0 saturated heterocycles. The van der Waals surface area contributed by atoms with Gasteiger partial charge in [0.25, 0.3) is 0 Å². The molecule has 0 nitrogen and oxygen atoms in total. The predicted molar refractivity (Wildman–Crippen MR) is 182 cm³/mol. The molecule has 0 atom stereocenters. The van der Waals surface area contributed by atoms with Crippen molar-refractivity contribution in [3.05, 3.63) is 158 Å². The van der Waals surface area contributed by atoms with Gasteiger partial charge in [-0.05, 0) is 99.0 Å². The van der Waals surface area contributed by atoms with Crippen LogP contribution in [-0.4, -0.2) is 0 Å². The van der Waals surface area contributed by atoms with Gasteiger partial charge in [-0.2, -0.15) is 0 Å². The molecular formula is C42H26. The Balaban J connectivity index is 1.24. The highest BCUT2D eigenvalue weighted by molar-refractivity contribution is 6.24. The van der Waals surface area contributed by atoms with E-state index in [0.717, 1.165) is 0 Å². The van der Waals surface area contributed by atoms with Crippen LogP contribution in [0.5, 0.6) is 0 Å². The van der Waals surface area contributed by atoms with E-state index >= 15 is 0 Å². The first-order chi connectivity index (χ1) is 20.8. The maximum absolute atomic E-state index is 2.37. The Morgan fingerprint density at radius 2 is 0.571 bits per heavy atom. The molecule has 0 unspecified atom stereocenters. The summed E-state index contributed by atoms with van der Waals surface area (Å²) in [6, 6.07) is 58.1. The lowest BCUT2D eigenvalue weighted by Crippen LogP contribution is -1.88. The molecule has 0 N–H and O–H groups in total. The van der Waals surface area contributed by atoms with Crippen LogP contribution in [0.15, 0.2) is 158 Å². The van der Waals surface area contributed by atoms with E-state index in [9.17, 15) is 0 Å². The Hall–Kier alpha value is -5.46. The van der Waals surface area contributed by atoms with Gasteiger partial charge < -0.3 is 0 Å². The monoisotopic (exact) mass is 530 g/mol. The molecule has 0 heteroatoms. The summed E-state index contributed by atoms with van der Waals surface area (Å²) in [6.07, 6.45) is 0. The van der Waals surface area contributed by atoms with Crippen LogP contribution in [0.4, 0.5) is 0 Å². The zero-order valence-electron chi connectivity index (χ0n) is 23.0. The average Bonchev–Trinajstić information content (AvgIpc) is 3.07. The van der Waals surface area contributed by atoms with E-state index < -0.39 is 0 Å². The molecule has 194 valence electrons. The maximum atomic E-state index is 2.37. The zero-order chi connectivity index (χ0) is 27.6. The van der Waals surface area contributed by atoms with Crippen LogP contribution in [0.2, 0.25) is 0 Å². The summed E-state index contributed by atoms with van der Waals surface area (Å²) in [5, 5.41) is 15.6. The van der Waals surface area contributed by atoms with Crippen molar-refractivity contribution in [2.75, 3.05) is 0 Å². The van der Waals surface area contributed by atoms with Crippen LogP contribution in [0, 0.1) is 0 Å². The predicted octanol–water partition coefficient (Wildman–Crippen LogP) is 11.9. The normalized spacial score (nSPS) is 11.8. The van der Waals surface area contributed by atoms with Crippen molar-refractivity contribution >= 4 is 64.6 Å². The van der Waals surface area contributed by atoms with Crippen molar-refractivity contribution < 1.29 is 0 Å². The molecule has 9 aromatic rings. The van der Waals surface area contributed by atoms with Crippen LogP contribution in [0.25, 0.3) is 86.9 Å².